The molecule has 29 heavy (non-hydrogen) atoms. The number of hydrogen-bond donors (Lipinski definition) is 1. The average Bonchev–Trinajstić information content (AvgIpc) is 2.74. The zero-order chi connectivity index (χ0) is 20.5. The van der Waals surface area contributed by atoms with Gasteiger partial charge in [-0.15, -0.1) is 0 Å². The van der Waals surface area contributed by atoms with Crippen LogP contribution in [0.5, 0.6) is 0 Å². The minimum Gasteiger partial charge on any atom is -0.449 e. The third-order valence-corrected chi connectivity index (χ3v) is 5.00. The Kier molecular flexibility index (Phi) is 7.65. The first kappa shape index (κ1) is 20.9. The minimum atomic E-state index is -0.293. The predicted octanol–water partition coefficient (Wildman–Crippen LogP) is 2.49. The molecule has 1 aromatic carbocycles. The molecule has 3 rings (SSSR count). The fourth-order valence-corrected chi connectivity index (χ4v) is 3.39. The number of aliphatic imine (C=N–C) groups is 1. The van der Waals surface area contributed by atoms with E-state index >= 15 is 0 Å². The van der Waals surface area contributed by atoms with Gasteiger partial charge in [-0.3, -0.25) is 9.89 Å². The normalized spacial score (nSPS) is 20.3. The molecule has 2 N–H and O–H groups in total. The van der Waals surface area contributed by atoms with E-state index < -0.39 is 0 Å². The van der Waals surface area contributed by atoms with Crippen molar-refractivity contribution in [3.05, 3.63) is 34.9 Å². The van der Waals surface area contributed by atoms with Crippen LogP contribution in [0.3, 0.4) is 0 Å². The molecule has 7 heteroatoms. The molecule has 2 saturated heterocycles. The lowest BCUT2D eigenvalue weighted by Gasteiger charge is -2.23. The Bertz CT molecular complexity index is 832. The van der Waals surface area contributed by atoms with Crippen LogP contribution >= 0.6 is 0 Å². The molecule has 1 atom stereocenters. The molecule has 0 spiro atoms. The van der Waals surface area contributed by atoms with E-state index in [2.05, 4.69) is 21.9 Å². The number of ether oxygens (including phenoxy) is 2. The van der Waals surface area contributed by atoms with Gasteiger partial charge < -0.3 is 15.3 Å². The second-order valence-corrected chi connectivity index (χ2v) is 7.22. The van der Waals surface area contributed by atoms with Crippen molar-refractivity contribution in [3.8, 4) is 11.8 Å². The molecule has 0 saturated carbocycles. The molecule has 2 fully saturated rings. The van der Waals surface area contributed by atoms with Crippen molar-refractivity contribution in [2.75, 3.05) is 32.8 Å². The Balaban J connectivity index is 1.60. The lowest BCUT2D eigenvalue weighted by molar-refractivity contribution is 0.0226. The molecule has 0 radical (unpaired) electrons. The number of rotatable bonds is 5. The standard InChI is InChI=1S/C22H28N4O3/c1-17-14-18(6-4-10-26-11-5-13-29-22(26)27)8-9-20(17)21(25-23)16-24-15-19-7-2-3-12-28-19/h8-9,14,16,19H,2-3,5,7,10-13,15,23H2,1H3/b24-16?,25-21+. The number of amides is 1. The summed E-state index contributed by atoms with van der Waals surface area (Å²) in [7, 11) is 0. The van der Waals surface area contributed by atoms with Crippen LogP contribution in [-0.2, 0) is 9.47 Å². The highest BCUT2D eigenvalue weighted by Crippen LogP contribution is 2.14. The molecular formula is C22H28N4O3. The maximum absolute atomic E-state index is 11.6. The Morgan fingerprint density at radius 2 is 2.24 bits per heavy atom. The van der Waals surface area contributed by atoms with E-state index in [0.717, 1.165) is 42.6 Å². The van der Waals surface area contributed by atoms with Gasteiger partial charge in [0.1, 0.15) is 5.71 Å². The highest BCUT2D eigenvalue weighted by atomic mass is 16.6. The van der Waals surface area contributed by atoms with E-state index in [1.807, 2.05) is 25.1 Å². The van der Waals surface area contributed by atoms with Gasteiger partial charge in [-0.2, -0.15) is 5.10 Å². The fourth-order valence-electron chi connectivity index (χ4n) is 3.39. The summed E-state index contributed by atoms with van der Waals surface area (Å²) in [5.74, 6) is 11.7. The van der Waals surface area contributed by atoms with E-state index in [1.54, 1.807) is 11.1 Å². The SMILES string of the molecule is Cc1cc(C#CCN2CCCOC2=O)ccc1/C(C=NCC1CCCCO1)=N/N. The molecule has 2 heterocycles. The molecular weight excluding hydrogens is 368 g/mol. The van der Waals surface area contributed by atoms with Gasteiger partial charge in [-0.05, 0) is 50.3 Å². The summed E-state index contributed by atoms with van der Waals surface area (Å²) in [6, 6.07) is 5.86. The van der Waals surface area contributed by atoms with Crippen LogP contribution in [0.4, 0.5) is 4.79 Å². The quantitative estimate of drug-likeness (QED) is 0.358. The number of nitrogens with two attached hydrogens (primary N) is 1. The molecule has 1 unspecified atom stereocenters. The molecule has 1 amide bonds. The average molecular weight is 396 g/mol. The lowest BCUT2D eigenvalue weighted by Crippen LogP contribution is -2.37. The Labute approximate surface area is 172 Å². The monoisotopic (exact) mass is 396 g/mol. The minimum absolute atomic E-state index is 0.190. The first-order valence-electron chi connectivity index (χ1n) is 10.1. The predicted molar refractivity (Wildman–Crippen MR) is 113 cm³/mol. The van der Waals surface area contributed by atoms with Crippen LogP contribution in [0, 0.1) is 18.8 Å². The van der Waals surface area contributed by atoms with Crippen LogP contribution in [-0.4, -0.2) is 61.9 Å². The van der Waals surface area contributed by atoms with Crippen LogP contribution in [0.25, 0.3) is 0 Å². The largest absolute Gasteiger partial charge is 0.449 e. The molecule has 7 nitrogen and oxygen atoms in total. The number of hydrogen-bond acceptors (Lipinski definition) is 6. The number of aryl methyl sites for hydroxylation is 1. The topological polar surface area (TPSA) is 89.5 Å². The molecule has 0 bridgehead atoms. The van der Waals surface area contributed by atoms with E-state index in [9.17, 15) is 4.79 Å². The van der Waals surface area contributed by atoms with Crippen molar-refractivity contribution in [2.45, 2.75) is 38.7 Å². The highest BCUT2D eigenvalue weighted by molar-refractivity contribution is 6.38. The van der Waals surface area contributed by atoms with Gasteiger partial charge in [0.25, 0.3) is 0 Å². The number of carbonyl (C=O) groups is 1. The number of nitrogens with zero attached hydrogens (tertiary/aromatic N) is 3. The number of carbonyl (C=O) groups excluding carboxylic acids is 1. The van der Waals surface area contributed by atoms with Gasteiger partial charge in [0.15, 0.2) is 0 Å². The van der Waals surface area contributed by atoms with Crippen molar-refractivity contribution < 1.29 is 14.3 Å². The third kappa shape index (κ3) is 6.06. The fraction of sp³-hybridized carbons (Fsp3) is 0.500. The van der Waals surface area contributed by atoms with Crippen LogP contribution < -0.4 is 5.84 Å². The first-order chi connectivity index (χ1) is 14.2. The second kappa shape index (κ2) is 10.6. The molecule has 2 aliphatic rings. The summed E-state index contributed by atoms with van der Waals surface area (Å²) in [5.41, 5.74) is 3.44. The van der Waals surface area contributed by atoms with Gasteiger partial charge in [0.05, 0.1) is 25.8 Å². The summed E-state index contributed by atoms with van der Waals surface area (Å²) in [5, 5.41) is 3.90. The third-order valence-electron chi connectivity index (χ3n) is 5.00. The second-order valence-electron chi connectivity index (χ2n) is 7.22. The first-order valence-corrected chi connectivity index (χ1v) is 10.1. The zero-order valence-electron chi connectivity index (χ0n) is 16.9. The summed E-state index contributed by atoms with van der Waals surface area (Å²) in [6.45, 7) is 4.98. The number of hydrazone groups is 1. The van der Waals surface area contributed by atoms with Crippen LogP contribution in [0.2, 0.25) is 0 Å². The maximum atomic E-state index is 11.6. The summed E-state index contributed by atoms with van der Waals surface area (Å²) >= 11 is 0. The molecule has 0 aromatic heterocycles. The van der Waals surface area contributed by atoms with Gasteiger partial charge in [0, 0.05) is 30.5 Å². The lowest BCUT2D eigenvalue weighted by atomic mass is 10.0. The van der Waals surface area contributed by atoms with Crippen molar-refractivity contribution in [1.29, 1.82) is 0 Å². The molecule has 0 aliphatic carbocycles. The summed E-state index contributed by atoms with van der Waals surface area (Å²) < 4.78 is 10.7. The van der Waals surface area contributed by atoms with E-state index in [4.69, 9.17) is 15.3 Å². The van der Waals surface area contributed by atoms with Crippen molar-refractivity contribution in [2.24, 2.45) is 15.9 Å². The molecule has 154 valence electrons. The van der Waals surface area contributed by atoms with Crippen molar-refractivity contribution >= 4 is 18.0 Å². The Morgan fingerprint density at radius 1 is 1.34 bits per heavy atom. The Hall–Kier alpha value is -2.85. The van der Waals surface area contributed by atoms with E-state index in [0.29, 0.717) is 32.0 Å². The van der Waals surface area contributed by atoms with Gasteiger partial charge in [0.2, 0.25) is 0 Å². The van der Waals surface area contributed by atoms with Gasteiger partial charge in [-0.25, -0.2) is 4.79 Å². The van der Waals surface area contributed by atoms with Gasteiger partial charge in [-0.1, -0.05) is 17.9 Å². The molecule has 2 aliphatic heterocycles. The highest BCUT2D eigenvalue weighted by Gasteiger charge is 2.17. The van der Waals surface area contributed by atoms with E-state index in [1.165, 1.54) is 6.42 Å². The smallest absolute Gasteiger partial charge is 0.410 e. The summed E-state index contributed by atoms with van der Waals surface area (Å²) in [4.78, 5) is 17.7. The number of cyclic esters (lactones) is 1. The van der Waals surface area contributed by atoms with Crippen molar-refractivity contribution in [1.82, 2.24) is 4.90 Å². The number of benzene rings is 1. The zero-order valence-corrected chi connectivity index (χ0v) is 16.9. The van der Waals surface area contributed by atoms with Gasteiger partial charge >= 0.3 is 6.09 Å². The van der Waals surface area contributed by atoms with Crippen LogP contribution in [0.15, 0.2) is 28.3 Å². The van der Waals surface area contributed by atoms with Crippen LogP contribution in [0.1, 0.15) is 42.4 Å². The Morgan fingerprint density at radius 3 is 2.97 bits per heavy atom. The van der Waals surface area contributed by atoms with E-state index in [-0.39, 0.29) is 12.2 Å². The molecule has 1 aromatic rings. The maximum Gasteiger partial charge on any atom is 0.410 e. The van der Waals surface area contributed by atoms with Crippen molar-refractivity contribution in [3.63, 3.8) is 0 Å². The summed E-state index contributed by atoms with van der Waals surface area (Å²) in [6.07, 6.45) is 5.83.